The van der Waals surface area contributed by atoms with Crippen molar-refractivity contribution >= 4 is 23.5 Å². The maximum Gasteiger partial charge on any atom is 0.307 e. The Balaban J connectivity index is 1.81. The van der Waals surface area contributed by atoms with Crippen molar-refractivity contribution in [2.75, 3.05) is 5.32 Å². The van der Waals surface area contributed by atoms with Crippen LogP contribution in [0.2, 0.25) is 0 Å². The molecule has 0 aliphatic carbocycles. The van der Waals surface area contributed by atoms with Gasteiger partial charge < -0.3 is 10.1 Å². The Morgan fingerprint density at radius 1 is 1.08 bits per heavy atom. The summed E-state index contributed by atoms with van der Waals surface area (Å²) in [6.45, 7) is 5.37. The molecule has 1 aromatic heterocycles. The monoisotopic (exact) mass is 357 g/mol. The van der Waals surface area contributed by atoms with Crippen molar-refractivity contribution in [2.24, 2.45) is 0 Å². The van der Waals surface area contributed by atoms with E-state index in [2.05, 4.69) is 10.4 Å². The minimum absolute atomic E-state index is 0.0390. The molecule has 138 valence electrons. The predicted molar refractivity (Wildman–Crippen MR) is 96.8 cm³/mol. The highest BCUT2D eigenvalue weighted by molar-refractivity contribution is 5.98. The van der Waals surface area contributed by atoms with Crippen LogP contribution in [0.3, 0.4) is 0 Å². The lowest BCUT2D eigenvalue weighted by atomic mass is 10.1. The van der Waals surface area contributed by atoms with Crippen LogP contribution >= 0.6 is 0 Å². The number of amides is 1. The van der Waals surface area contributed by atoms with Gasteiger partial charge in [0.1, 0.15) is 5.82 Å². The third-order valence-corrected chi connectivity index (χ3v) is 3.74. The van der Waals surface area contributed by atoms with E-state index >= 15 is 0 Å². The molecule has 1 aromatic carbocycles. The lowest BCUT2D eigenvalue weighted by Crippen LogP contribution is -2.31. The highest BCUT2D eigenvalue weighted by atomic mass is 16.5. The molecular weight excluding hydrogens is 334 g/mol. The van der Waals surface area contributed by atoms with Gasteiger partial charge >= 0.3 is 5.97 Å². The fourth-order valence-electron chi connectivity index (χ4n) is 2.35. The van der Waals surface area contributed by atoms with Crippen molar-refractivity contribution in [3.05, 3.63) is 48.2 Å². The van der Waals surface area contributed by atoms with E-state index in [0.717, 1.165) is 0 Å². The van der Waals surface area contributed by atoms with Crippen LogP contribution in [-0.2, 0) is 14.3 Å². The zero-order chi connectivity index (χ0) is 19.1. The van der Waals surface area contributed by atoms with Crippen molar-refractivity contribution in [3.8, 4) is 0 Å². The molecule has 7 nitrogen and oxygen atoms in total. The van der Waals surface area contributed by atoms with Gasteiger partial charge in [-0.25, -0.2) is 4.68 Å². The second-order valence-electron chi connectivity index (χ2n) is 6.17. The van der Waals surface area contributed by atoms with E-state index < -0.39 is 18.0 Å². The number of benzene rings is 1. The van der Waals surface area contributed by atoms with Gasteiger partial charge in [0.05, 0.1) is 12.6 Å². The number of nitrogens with one attached hydrogen (secondary N) is 1. The fraction of sp³-hybridized carbons (Fsp3) is 0.368. The van der Waals surface area contributed by atoms with E-state index in [-0.39, 0.29) is 24.7 Å². The summed E-state index contributed by atoms with van der Waals surface area (Å²) in [6.07, 6.45) is 0.582. The Labute approximate surface area is 152 Å². The lowest BCUT2D eigenvalue weighted by molar-refractivity contribution is -0.153. The normalized spacial score (nSPS) is 11.8. The smallest absolute Gasteiger partial charge is 0.307 e. The number of rotatable bonds is 8. The van der Waals surface area contributed by atoms with E-state index in [1.165, 1.54) is 6.92 Å². The third-order valence-electron chi connectivity index (χ3n) is 3.74. The molecule has 1 unspecified atom stereocenters. The second-order valence-corrected chi connectivity index (χ2v) is 6.17. The minimum atomic E-state index is -0.968. The molecule has 0 spiro atoms. The standard InChI is InChI=1S/C19H23N3O4/c1-13(2)22-17(11-12-20-22)21-19(25)14(3)26-18(24)10-9-16(23)15-7-5-4-6-8-15/h4-8,11-14H,9-10H2,1-3H3,(H,21,25). The Morgan fingerprint density at radius 3 is 2.42 bits per heavy atom. The van der Waals surface area contributed by atoms with Crippen LogP contribution in [0, 0.1) is 0 Å². The SMILES string of the molecule is CC(OC(=O)CCC(=O)c1ccccc1)C(=O)Nc1ccnn1C(C)C. The van der Waals surface area contributed by atoms with Gasteiger partial charge in [-0.3, -0.25) is 14.4 Å². The first-order chi connectivity index (χ1) is 12.4. The van der Waals surface area contributed by atoms with Gasteiger partial charge in [-0.05, 0) is 20.8 Å². The maximum absolute atomic E-state index is 12.2. The van der Waals surface area contributed by atoms with Crippen molar-refractivity contribution in [3.63, 3.8) is 0 Å². The van der Waals surface area contributed by atoms with Crippen LogP contribution in [-0.4, -0.2) is 33.5 Å². The molecule has 0 bridgehead atoms. The molecule has 0 aliphatic heterocycles. The average Bonchev–Trinajstić information content (AvgIpc) is 3.08. The third kappa shape index (κ3) is 5.27. The van der Waals surface area contributed by atoms with Gasteiger partial charge in [0.15, 0.2) is 11.9 Å². The molecule has 0 saturated carbocycles. The summed E-state index contributed by atoms with van der Waals surface area (Å²) in [5, 5.41) is 6.81. The van der Waals surface area contributed by atoms with Gasteiger partial charge in [-0.15, -0.1) is 0 Å². The summed E-state index contributed by atoms with van der Waals surface area (Å²) in [5.41, 5.74) is 0.549. The number of carbonyl (C=O) groups excluding carboxylic acids is 3. The molecule has 0 radical (unpaired) electrons. The fourth-order valence-corrected chi connectivity index (χ4v) is 2.35. The summed E-state index contributed by atoms with van der Waals surface area (Å²) < 4.78 is 6.77. The van der Waals surface area contributed by atoms with Crippen molar-refractivity contribution in [1.82, 2.24) is 9.78 Å². The Bertz CT molecular complexity index is 768. The van der Waals surface area contributed by atoms with Gasteiger partial charge in [0, 0.05) is 24.1 Å². The summed E-state index contributed by atoms with van der Waals surface area (Å²) in [5.74, 6) is -0.642. The number of anilines is 1. The van der Waals surface area contributed by atoms with Crippen LogP contribution in [0.4, 0.5) is 5.82 Å². The van der Waals surface area contributed by atoms with E-state index in [0.29, 0.717) is 11.4 Å². The average molecular weight is 357 g/mol. The first-order valence-electron chi connectivity index (χ1n) is 8.50. The first-order valence-corrected chi connectivity index (χ1v) is 8.50. The van der Waals surface area contributed by atoms with Crippen LogP contribution in [0.15, 0.2) is 42.6 Å². The Morgan fingerprint density at radius 2 is 1.77 bits per heavy atom. The number of ether oxygens (including phenoxy) is 1. The first kappa shape index (κ1) is 19.4. The number of ketones is 1. The topological polar surface area (TPSA) is 90.3 Å². The van der Waals surface area contributed by atoms with Crippen LogP contribution in [0.5, 0.6) is 0 Å². The zero-order valence-electron chi connectivity index (χ0n) is 15.1. The van der Waals surface area contributed by atoms with Gasteiger partial charge in [0.25, 0.3) is 5.91 Å². The molecule has 1 N–H and O–H groups in total. The van der Waals surface area contributed by atoms with Crippen LogP contribution in [0.1, 0.15) is 50.0 Å². The molecule has 26 heavy (non-hydrogen) atoms. The second kappa shape index (κ2) is 8.94. The molecule has 0 saturated heterocycles. The highest BCUT2D eigenvalue weighted by Gasteiger charge is 2.20. The quantitative estimate of drug-likeness (QED) is 0.579. The van der Waals surface area contributed by atoms with Crippen LogP contribution in [0.25, 0.3) is 0 Å². The lowest BCUT2D eigenvalue weighted by Gasteiger charge is -2.15. The number of hydrogen-bond acceptors (Lipinski definition) is 5. The Kier molecular flexibility index (Phi) is 6.66. The van der Waals surface area contributed by atoms with E-state index in [9.17, 15) is 14.4 Å². The van der Waals surface area contributed by atoms with Gasteiger partial charge in [-0.1, -0.05) is 30.3 Å². The van der Waals surface area contributed by atoms with Crippen molar-refractivity contribution < 1.29 is 19.1 Å². The minimum Gasteiger partial charge on any atom is -0.453 e. The van der Waals surface area contributed by atoms with E-state index in [4.69, 9.17) is 4.74 Å². The molecule has 1 amide bonds. The van der Waals surface area contributed by atoms with Crippen molar-refractivity contribution in [1.29, 1.82) is 0 Å². The molecular formula is C19H23N3O4. The molecule has 2 rings (SSSR count). The predicted octanol–water partition coefficient (Wildman–Crippen LogP) is 3.00. The molecule has 1 heterocycles. The number of carbonyl (C=O) groups is 3. The molecule has 0 fully saturated rings. The molecule has 2 aromatic rings. The highest BCUT2D eigenvalue weighted by Crippen LogP contribution is 2.14. The number of Topliss-reactive ketones (excluding diaryl/α,β-unsaturated/α-hetero) is 1. The summed E-state index contributed by atoms with van der Waals surface area (Å²) in [7, 11) is 0. The summed E-state index contributed by atoms with van der Waals surface area (Å²) in [4.78, 5) is 36.1. The molecule has 7 heteroatoms. The van der Waals surface area contributed by atoms with E-state index in [1.807, 2.05) is 19.9 Å². The number of nitrogens with zero attached hydrogens (tertiary/aromatic N) is 2. The van der Waals surface area contributed by atoms with Gasteiger partial charge in [-0.2, -0.15) is 5.10 Å². The summed E-state index contributed by atoms with van der Waals surface area (Å²) in [6, 6.07) is 10.5. The number of esters is 1. The maximum atomic E-state index is 12.2. The largest absolute Gasteiger partial charge is 0.453 e. The van der Waals surface area contributed by atoms with Crippen LogP contribution < -0.4 is 5.32 Å². The molecule has 1 atom stereocenters. The number of hydrogen-bond donors (Lipinski definition) is 1. The zero-order valence-corrected chi connectivity index (χ0v) is 15.1. The number of aromatic nitrogens is 2. The summed E-state index contributed by atoms with van der Waals surface area (Å²) >= 11 is 0. The molecule has 0 aliphatic rings. The van der Waals surface area contributed by atoms with E-state index in [1.54, 1.807) is 41.2 Å². The Hall–Kier alpha value is -2.96. The van der Waals surface area contributed by atoms with Gasteiger partial charge in [0.2, 0.25) is 0 Å². The van der Waals surface area contributed by atoms with Crippen molar-refractivity contribution in [2.45, 2.75) is 45.8 Å².